The first-order valence-electron chi connectivity index (χ1n) is 9.28. The summed E-state index contributed by atoms with van der Waals surface area (Å²) in [6.45, 7) is 7.81. The molecule has 0 aliphatic carbocycles. The van der Waals surface area contributed by atoms with E-state index in [0.29, 0.717) is 6.54 Å². The third-order valence-electron chi connectivity index (χ3n) is 4.89. The van der Waals surface area contributed by atoms with E-state index >= 15 is 0 Å². The maximum atomic E-state index is 13.0. The standard InChI is InChI=1S/C22H25N3OS/c1-22(2,3)13-24-21(26)18-12-17(19-5-4-10-27-19)20-16-11-15(23)7-6-14(16)8-9-25(18)20/h4-7,10-12H,8-9,13,23H2,1-3H3,(H,24,26). The van der Waals surface area contributed by atoms with Gasteiger partial charge in [0.25, 0.3) is 5.91 Å². The lowest BCUT2D eigenvalue weighted by Crippen LogP contribution is -2.33. The smallest absolute Gasteiger partial charge is 0.267 e. The molecule has 3 aromatic rings. The summed E-state index contributed by atoms with van der Waals surface area (Å²) in [5.74, 6) is -0.0127. The molecule has 0 saturated heterocycles. The van der Waals surface area contributed by atoms with Crippen molar-refractivity contribution in [2.45, 2.75) is 33.7 Å². The highest BCUT2D eigenvalue weighted by atomic mass is 32.1. The lowest BCUT2D eigenvalue weighted by atomic mass is 9.95. The van der Waals surface area contributed by atoms with Gasteiger partial charge in [-0.3, -0.25) is 4.79 Å². The third kappa shape index (κ3) is 3.39. The fourth-order valence-corrected chi connectivity index (χ4v) is 4.32. The van der Waals surface area contributed by atoms with Crippen molar-refractivity contribution in [2.75, 3.05) is 12.3 Å². The van der Waals surface area contributed by atoms with Gasteiger partial charge < -0.3 is 15.6 Å². The molecule has 1 amide bonds. The number of hydrogen-bond acceptors (Lipinski definition) is 3. The molecule has 3 N–H and O–H groups in total. The van der Waals surface area contributed by atoms with Gasteiger partial charge in [-0.1, -0.05) is 32.9 Å². The van der Waals surface area contributed by atoms with Crippen LogP contribution in [-0.2, 0) is 13.0 Å². The van der Waals surface area contributed by atoms with Crippen LogP contribution in [0.1, 0.15) is 36.8 Å². The van der Waals surface area contributed by atoms with Crippen LogP contribution in [-0.4, -0.2) is 17.0 Å². The summed E-state index contributed by atoms with van der Waals surface area (Å²) in [5, 5.41) is 5.17. The van der Waals surface area contributed by atoms with Gasteiger partial charge in [-0.05, 0) is 47.0 Å². The van der Waals surface area contributed by atoms with Gasteiger partial charge in [0.15, 0.2) is 0 Å². The molecule has 0 radical (unpaired) electrons. The Morgan fingerprint density at radius 2 is 2.04 bits per heavy atom. The third-order valence-corrected chi connectivity index (χ3v) is 5.79. The number of nitrogen functional groups attached to an aromatic ring is 1. The van der Waals surface area contributed by atoms with Gasteiger partial charge in [-0.25, -0.2) is 0 Å². The summed E-state index contributed by atoms with van der Waals surface area (Å²) in [5.41, 5.74) is 12.2. The quantitative estimate of drug-likeness (QED) is 0.642. The predicted molar refractivity (Wildman–Crippen MR) is 113 cm³/mol. The summed E-state index contributed by atoms with van der Waals surface area (Å²) in [6, 6.07) is 12.3. The van der Waals surface area contributed by atoms with Crippen molar-refractivity contribution >= 4 is 22.9 Å². The molecule has 1 aliphatic heterocycles. The van der Waals surface area contributed by atoms with E-state index in [4.69, 9.17) is 5.73 Å². The first-order valence-corrected chi connectivity index (χ1v) is 10.2. The SMILES string of the molecule is CC(C)(C)CNC(=O)c1cc(-c2cccs2)c2n1CCc1ccc(N)cc1-2. The zero-order valence-electron chi connectivity index (χ0n) is 16.0. The van der Waals surface area contributed by atoms with Gasteiger partial charge in [0.2, 0.25) is 0 Å². The number of rotatable bonds is 3. The highest BCUT2D eigenvalue weighted by Gasteiger charge is 2.27. The van der Waals surface area contributed by atoms with Crippen LogP contribution in [0.3, 0.4) is 0 Å². The number of thiophene rings is 1. The lowest BCUT2D eigenvalue weighted by molar-refractivity contribution is 0.0930. The van der Waals surface area contributed by atoms with E-state index in [1.165, 1.54) is 10.4 Å². The predicted octanol–water partition coefficient (Wildman–Crippen LogP) is 4.80. The van der Waals surface area contributed by atoms with Gasteiger partial charge in [0.05, 0.1) is 5.69 Å². The maximum absolute atomic E-state index is 13.0. The van der Waals surface area contributed by atoms with Gasteiger partial charge in [0.1, 0.15) is 5.69 Å². The molecule has 0 bridgehead atoms. The number of hydrogen-bond donors (Lipinski definition) is 2. The van der Waals surface area contributed by atoms with Gasteiger partial charge in [-0.2, -0.15) is 0 Å². The van der Waals surface area contributed by atoms with Gasteiger partial charge >= 0.3 is 0 Å². The summed E-state index contributed by atoms with van der Waals surface area (Å²) >= 11 is 1.69. The number of aromatic nitrogens is 1. The zero-order chi connectivity index (χ0) is 19.2. The van der Waals surface area contributed by atoms with Crippen LogP contribution in [0.5, 0.6) is 0 Å². The Balaban J connectivity index is 1.84. The topological polar surface area (TPSA) is 60.0 Å². The zero-order valence-corrected chi connectivity index (χ0v) is 16.8. The van der Waals surface area contributed by atoms with E-state index in [2.05, 4.69) is 48.2 Å². The van der Waals surface area contributed by atoms with Gasteiger partial charge in [-0.15, -0.1) is 11.3 Å². The van der Waals surface area contributed by atoms with Crippen molar-refractivity contribution in [1.82, 2.24) is 9.88 Å². The van der Waals surface area contributed by atoms with E-state index in [1.54, 1.807) is 11.3 Å². The van der Waals surface area contributed by atoms with E-state index in [9.17, 15) is 4.79 Å². The molecule has 1 aliphatic rings. The number of fused-ring (bicyclic) bond motifs is 3. The van der Waals surface area contributed by atoms with Crippen LogP contribution >= 0.6 is 11.3 Å². The Bertz CT molecular complexity index is 993. The number of nitrogens with zero attached hydrogens (tertiary/aromatic N) is 1. The maximum Gasteiger partial charge on any atom is 0.267 e. The van der Waals surface area contributed by atoms with Crippen molar-refractivity contribution < 1.29 is 4.79 Å². The van der Waals surface area contributed by atoms with E-state index in [0.717, 1.165) is 41.2 Å². The highest BCUT2D eigenvalue weighted by molar-refractivity contribution is 7.13. The van der Waals surface area contributed by atoms with E-state index < -0.39 is 0 Å². The number of benzene rings is 1. The molecule has 0 fully saturated rings. The minimum atomic E-state index is -0.0127. The molecule has 0 atom stereocenters. The first-order chi connectivity index (χ1) is 12.8. The van der Waals surface area contributed by atoms with Crippen molar-refractivity contribution in [2.24, 2.45) is 5.41 Å². The molecule has 140 valence electrons. The fourth-order valence-electron chi connectivity index (χ4n) is 3.58. The molecule has 0 saturated carbocycles. The Hall–Kier alpha value is -2.53. The highest BCUT2D eigenvalue weighted by Crippen LogP contribution is 2.42. The number of carbonyl (C=O) groups excluding carboxylic acids is 1. The van der Waals surface area contributed by atoms with Crippen LogP contribution in [0.4, 0.5) is 5.69 Å². The number of anilines is 1. The van der Waals surface area contributed by atoms with Crippen LogP contribution in [0.15, 0.2) is 41.8 Å². The fraction of sp³-hybridized carbons (Fsp3) is 0.318. The Morgan fingerprint density at radius 1 is 1.22 bits per heavy atom. The molecule has 0 spiro atoms. The summed E-state index contributed by atoms with van der Waals surface area (Å²) in [7, 11) is 0. The minimum absolute atomic E-state index is 0.0127. The summed E-state index contributed by atoms with van der Waals surface area (Å²) in [4.78, 5) is 14.1. The second-order valence-corrected chi connectivity index (χ2v) is 9.28. The number of nitrogens with one attached hydrogen (secondary N) is 1. The van der Waals surface area contributed by atoms with Crippen LogP contribution in [0.25, 0.3) is 21.7 Å². The van der Waals surface area contributed by atoms with Crippen molar-refractivity contribution in [3.05, 3.63) is 53.0 Å². The van der Waals surface area contributed by atoms with E-state index in [-0.39, 0.29) is 11.3 Å². The van der Waals surface area contributed by atoms with E-state index in [1.807, 2.05) is 24.3 Å². The van der Waals surface area contributed by atoms with Gasteiger partial charge in [0, 0.05) is 34.8 Å². The van der Waals surface area contributed by atoms with Crippen LogP contribution < -0.4 is 11.1 Å². The Kier molecular flexibility index (Phi) is 4.35. The molecule has 1 aromatic carbocycles. The second-order valence-electron chi connectivity index (χ2n) is 8.33. The number of nitrogens with two attached hydrogens (primary N) is 1. The molecule has 27 heavy (non-hydrogen) atoms. The minimum Gasteiger partial charge on any atom is -0.399 e. The molecule has 3 heterocycles. The van der Waals surface area contributed by atoms with Crippen LogP contribution in [0.2, 0.25) is 0 Å². The summed E-state index contributed by atoms with van der Waals surface area (Å²) in [6.07, 6.45) is 0.903. The molecule has 4 rings (SSSR count). The molecule has 2 aromatic heterocycles. The molecule has 0 unspecified atom stereocenters. The number of carbonyl (C=O) groups is 1. The Morgan fingerprint density at radius 3 is 2.74 bits per heavy atom. The summed E-state index contributed by atoms with van der Waals surface area (Å²) < 4.78 is 2.16. The van der Waals surface area contributed by atoms with Crippen molar-refractivity contribution in [1.29, 1.82) is 0 Å². The molecule has 5 heteroatoms. The average molecular weight is 380 g/mol. The second kappa shape index (κ2) is 6.57. The lowest BCUT2D eigenvalue weighted by Gasteiger charge is -2.23. The number of amides is 1. The molecule has 4 nitrogen and oxygen atoms in total. The van der Waals surface area contributed by atoms with Crippen molar-refractivity contribution in [3.63, 3.8) is 0 Å². The van der Waals surface area contributed by atoms with Crippen LogP contribution in [0, 0.1) is 5.41 Å². The largest absolute Gasteiger partial charge is 0.399 e. The first kappa shape index (κ1) is 17.9. The number of aryl methyl sites for hydroxylation is 1. The average Bonchev–Trinajstić information content (AvgIpc) is 3.26. The van der Waals surface area contributed by atoms with Crippen molar-refractivity contribution in [3.8, 4) is 21.7 Å². The molecular formula is C22H25N3OS. The normalized spacial score (nSPS) is 13.1. The monoisotopic (exact) mass is 379 g/mol. The molecular weight excluding hydrogens is 354 g/mol. The Labute approximate surface area is 164 Å².